The number of hydrogen-bond acceptors (Lipinski definition) is 7. The molecule has 1 saturated heterocycles. The Labute approximate surface area is 231 Å². The molecule has 4 aromatic rings. The number of anilines is 1. The van der Waals surface area contributed by atoms with Gasteiger partial charge in [-0.15, -0.1) is 0 Å². The Kier molecular flexibility index (Phi) is 6.67. The molecule has 0 radical (unpaired) electrons. The molecule has 2 heterocycles. The zero-order valence-corrected chi connectivity index (χ0v) is 22.2. The van der Waals surface area contributed by atoms with Crippen LogP contribution in [0.5, 0.6) is 17.2 Å². The highest BCUT2D eigenvalue weighted by Gasteiger charge is 2.26. The lowest BCUT2D eigenvalue weighted by atomic mass is 10.0. The van der Waals surface area contributed by atoms with Crippen molar-refractivity contribution in [2.24, 2.45) is 0 Å². The van der Waals surface area contributed by atoms with E-state index in [4.69, 9.17) is 26.1 Å². The highest BCUT2D eigenvalue weighted by molar-refractivity contribution is 6.32. The van der Waals surface area contributed by atoms with E-state index in [-0.39, 0.29) is 12.0 Å². The van der Waals surface area contributed by atoms with E-state index in [9.17, 15) is 10.1 Å². The number of carbonyl (C=O) groups excluding carboxylic acids is 1. The van der Waals surface area contributed by atoms with Gasteiger partial charge in [-0.05, 0) is 48.2 Å². The molecule has 0 bridgehead atoms. The number of carbonyl (C=O) groups is 1. The molecule has 0 unspecified atom stereocenters. The van der Waals surface area contributed by atoms with E-state index in [1.165, 1.54) is 0 Å². The van der Waals surface area contributed by atoms with Crippen molar-refractivity contribution < 1.29 is 14.3 Å². The number of aromatic nitrogens is 2. The molecule has 0 atom stereocenters. The second kappa shape index (κ2) is 10.4. The Morgan fingerprint density at radius 2 is 1.72 bits per heavy atom. The molecule has 0 N–H and O–H groups in total. The number of piperazine rings is 1. The summed E-state index contributed by atoms with van der Waals surface area (Å²) in [5.74, 6) is 2.46. The van der Waals surface area contributed by atoms with E-state index in [1.807, 2.05) is 47.4 Å². The molecule has 1 aromatic heterocycles. The van der Waals surface area contributed by atoms with Gasteiger partial charge in [-0.2, -0.15) is 5.26 Å². The number of halogens is 1. The Morgan fingerprint density at radius 1 is 0.974 bits per heavy atom. The van der Waals surface area contributed by atoms with Crippen molar-refractivity contribution in [3.05, 3.63) is 71.4 Å². The van der Waals surface area contributed by atoms with Crippen LogP contribution in [0.4, 0.5) is 5.82 Å². The highest BCUT2D eigenvalue weighted by atomic mass is 35.5. The molecule has 3 aromatic carbocycles. The van der Waals surface area contributed by atoms with Crippen LogP contribution in [0.1, 0.15) is 25.3 Å². The molecule has 1 saturated carbocycles. The second-order valence-corrected chi connectivity index (χ2v) is 10.2. The van der Waals surface area contributed by atoms with Crippen LogP contribution in [0.25, 0.3) is 22.2 Å². The van der Waals surface area contributed by atoms with Crippen molar-refractivity contribution in [2.75, 3.05) is 31.1 Å². The summed E-state index contributed by atoms with van der Waals surface area (Å²) in [6.45, 7) is 4.49. The monoisotopic (exact) mass is 539 g/mol. The van der Waals surface area contributed by atoms with Gasteiger partial charge in [0.05, 0.1) is 33.9 Å². The number of rotatable bonds is 6. The zero-order valence-electron chi connectivity index (χ0n) is 21.4. The van der Waals surface area contributed by atoms with Crippen LogP contribution in [0, 0.1) is 11.3 Å². The van der Waals surface area contributed by atoms with Gasteiger partial charge in [0.2, 0.25) is 5.91 Å². The smallest absolute Gasteiger partial charge is 0.219 e. The van der Waals surface area contributed by atoms with Crippen molar-refractivity contribution in [1.29, 1.82) is 5.26 Å². The normalized spacial score (nSPS) is 15.2. The predicted molar refractivity (Wildman–Crippen MR) is 149 cm³/mol. The van der Waals surface area contributed by atoms with Gasteiger partial charge < -0.3 is 19.3 Å². The first-order chi connectivity index (χ1) is 19.0. The van der Waals surface area contributed by atoms with E-state index in [0.717, 1.165) is 53.9 Å². The van der Waals surface area contributed by atoms with E-state index in [0.29, 0.717) is 40.9 Å². The summed E-state index contributed by atoms with van der Waals surface area (Å²) < 4.78 is 11.8. The molecule has 6 rings (SSSR count). The lowest BCUT2D eigenvalue weighted by Gasteiger charge is -2.34. The van der Waals surface area contributed by atoms with Gasteiger partial charge in [0.15, 0.2) is 5.75 Å². The van der Waals surface area contributed by atoms with E-state index < -0.39 is 0 Å². The molecule has 1 aliphatic carbocycles. The summed E-state index contributed by atoms with van der Waals surface area (Å²) in [7, 11) is 0. The number of fused-ring (bicyclic) bond motifs is 1. The zero-order chi connectivity index (χ0) is 26.9. The standard InChI is InChI=1S/C30H26ClN5O3/c1-19(37)35-10-12-36(13-11-35)29-18-33-28-15-21(4-9-27(28)34-29)20-2-5-23(6-3-20)38-25-14-22(17-32)30(26(31)16-25)39-24-7-8-24/h2-6,9,14-16,18,24H,7-8,10-13H2,1H3. The molecule has 0 spiro atoms. The summed E-state index contributed by atoms with van der Waals surface area (Å²) in [6.07, 6.45) is 3.91. The van der Waals surface area contributed by atoms with Crippen molar-refractivity contribution in [3.63, 3.8) is 0 Å². The van der Waals surface area contributed by atoms with Crippen LogP contribution in [-0.2, 0) is 4.79 Å². The Hall–Kier alpha value is -4.35. The van der Waals surface area contributed by atoms with Crippen LogP contribution in [0.2, 0.25) is 5.02 Å². The van der Waals surface area contributed by atoms with E-state index in [1.54, 1.807) is 25.3 Å². The van der Waals surface area contributed by atoms with Gasteiger partial charge in [0.25, 0.3) is 0 Å². The summed E-state index contributed by atoms with van der Waals surface area (Å²) >= 11 is 6.39. The van der Waals surface area contributed by atoms with Crippen molar-refractivity contribution in [2.45, 2.75) is 25.9 Å². The van der Waals surface area contributed by atoms with Crippen LogP contribution in [0.15, 0.2) is 60.8 Å². The molecule has 1 aliphatic heterocycles. The maximum Gasteiger partial charge on any atom is 0.219 e. The number of ether oxygens (including phenoxy) is 2. The largest absolute Gasteiger partial charge is 0.487 e. The first kappa shape index (κ1) is 25.0. The SMILES string of the molecule is CC(=O)N1CCN(c2cnc3cc(-c4ccc(Oc5cc(Cl)c(OC6CC6)c(C#N)c5)cc4)ccc3n2)CC1. The van der Waals surface area contributed by atoms with Crippen LogP contribution >= 0.6 is 11.6 Å². The molecular weight excluding hydrogens is 514 g/mol. The molecular formula is C30H26ClN5O3. The lowest BCUT2D eigenvalue weighted by Crippen LogP contribution is -2.48. The summed E-state index contributed by atoms with van der Waals surface area (Å²) in [4.78, 5) is 25.1. The van der Waals surface area contributed by atoms with E-state index >= 15 is 0 Å². The number of benzene rings is 3. The Balaban J connectivity index is 1.16. The predicted octanol–water partition coefficient (Wildman–Crippen LogP) is 5.82. The summed E-state index contributed by atoms with van der Waals surface area (Å²) in [5.41, 5.74) is 4.03. The molecule has 39 heavy (non-hydrogen) atoms. The summed E-state index contributed by atoms with van der Waals surface area (Å²) in [6, 6.07) is 19.2. The highest BCUT2D eigenvalue weighted by Crippen LogP contribution is 2.38. The third-order valence-corrected chi connectivity index (χ3v) is 7.23. The first-order valence-electron chi connectivity index (χ1n) is 12.9. The number of hydrogen-bond donors (Lipinski definition) is 0. The molecule has 8 nitrogen and oxygen atoms in total. The maximum atomic E-state index is 11.6. The fraction of sp³-hybridized carbons (Fsp3) is 0.267. The van der Waals surface area contributed by atoms with Gasteiger partial charge in [-0.1, -0.05) is 29.8 Å². The Bertz CT molecular complexity index is 1590. The molecule has 2 aliphatic rings. The maximum absolute atomic E-state index is 11.6. The van der Waals surface area contributed by atoms with Crippen LogP contribution in [-0.4, -0.2) is 53.1 Å². The van der Waals surface area contributed by atoms with Crippen LogP contribution < -0.4 is 14.4 Å². The Morgan fingerprint density at radius 3 is 2.41 bits per heavy atom. The fourth-order valence-corrected chi connectivity index (χ4v) is 4.87. The second-order valence-electron chi connectivity index (χ2n) is 9.76. The number of nitrogens with zero attached hydrogens (tertiary/aromatic N) is 5. The van der Waals surface area contributed by atoms with Gasteiger partial charge >= 0.3 is 0 Å². The molecule has 2 fully saturated rings. The van der Waals surface area contributed by atoms with Crippen molar-refractivity contribution in [3.8, 4) is 34.4 Å². The quantitative estimate of drug-likeness (QED) is 0.304. The minimum absolute atomic E-state index is 0.108. The summed E-state index contributed by atoms with van der Waals surface area (Å²) in [5, 5.41) is 9.91. The molecule has 196 valence electrons. The van der Waals surface area contributed by atoms with Gasteiger partial charge in [-0.3, -0.25) is 9.78 Å². The van der Waals surface area contributed by atoms with Gasteiger partial charge in [0, 0.05) is 45.2 Å². The number of amides is 1. The van der Waals surface area contributed by atoms with Gasteiger partial charge in [-0.25, -0.2) is 4.98 Å². The molecule has 9 heteroatoms. The van der Waals surface area contributed by atoms with Crippen molar-refractivity contribution >= 4 is 34.4 Å². The topological polar surface area (TPSA) is 91.6 Å². The van der Waals surface area contributed by atoms with E-state index in [2.05, 4.69) is 16.0 Å². The average Bonchev–Trinajstić information content (AvgIpc) is 3.78. The minimum Gasteiger partial charge on any atom is -0.487 e. The number of nitriles is 1. The fourth-order valence-electron chi connectivity index (χ4n) is 4.62. The first-order valence-corrected chi connectivity index (χ1v) is 13.3. The van der Waals surface area contributed by atoms with Crippen LogP contribution in [0.3, 0.4) is 0 Å². The minimum atomic E-state index is 0.108. The average molecular weight is 540 g/mol. The molecule has 1 amide bonds. The van der Waals surface area contributed by atoms with Crippen molar-refractivity contribution in [1.82, 2.24) is 14.9 Å². The van der Waals surface area contributed by atoms with Gasteiger partial charge in [0.1, 0.15) is 23.4 Å². The third-order valence-electron chi connectivity index (χ3n) is 6.95. The third kappa shape index (κ3) is 5.45. The lowest BCUT2D eigenvalue weighted by molar-refractivity contribution is -0.129.